The van der Waals surface area contributed by atoms with E-state index in [0.29, 0.717) is 23.5 Å². The van der Waals surface area contributed by atoms with Crippen molar-refractivity contribution in [2.24, 2.45) is 7.05 Å². The monoisotopic (exact) mass is 564 g/mol. The number of rotatable bonds is 8. The fourth-order valence-electron chi connectivity index (χ4n) is 4.30. The highest BCUT2D eigenvalue weighted by atomic mass is 32.2. The molecule has 0 amide bonds. The van der Waals surface area contributed by atoms with E-state index in [1.807, 2.05) is 0 Å². The van der Waals surface area contributed by atoms with Crippen LogP contribution in [0, 0.1) is 18.6 Å². The number of hydrogen-bond acceptors (Lipinski definition) is 8. The molecule has 5 rings (SSSR count). The molecule has 1 aliphatic carbocycles. The first kappa shape index (κ1) is 26.6. The van der Waals surface area contributed by atoms with E-state index in [1.165, 1.54) is 25.0 Å². The number of benzene rings is 1. The van der Waals surface area contributed by atoms with E-state index in [1.54, 1.807) is 13.0 Å². The lowest BCUT2D eigenvalue weighted by Gasteiger charge is -2.22. The summed E-state index contributed by atoms with van der Waals surface area (Å²) in [6.07, 6.45) is 0.859. The van der Waals surface area contributed by atoms with Crippen LogP contribution in [0.25, 0.3) is 11.3 Å². The van der Waals surface area contributed by atoms with Crippen LogP contribution in [0.15, 0.2) is 29.3 Å². The van der Waals surface area contributed by atoms with E-state index in [4.69, 9.17) is 0 Å². The third-order valence-corrected chi connectivity index (χ3v) is 7.34. The highest BCUT2D eigenvalue weighted by molar-refractivity contribution is 7.90. The number of alkyl halides is 2. The molecule has 0 aliphatic heterocycles. The molecule has 0 spiro atoms. The number of H-pyrrole nitrogens is 1. The van der Waals surface area contributed by atoms with Gasteiger partial charge in [-0.2, -0.15) is 15.2 Å². The fourth-order valence-corrected chi connectivity index (χ4v) is 4.93. The second-order valence-corrected chi connectivity index (χ2v) is 11.5. The van der Waals surface area contributed by atoms with Gasteiger partial charge in [-0.25, -0.2) is 31.0 Å². The first-order valence-corrected chi connectivity index (χ1v) is 13.7. The van der Waals surface area contributed by atoms with Crippen LogP contribution < -0.4 is 10.2 Å². The van der Waals surface area contributed by atoms with E-state index in [-0.39, 0.29) is 28.9 Å². The van der Waals surface area contributed by atoms with Crippen LogP contribution in [0.1, 0.15) is 42.1 Å². The van der Waals surface area contributed by atoms with Crippen molar-refractivity contribution in [3.63, 3.8) is 0 Å². The molecular formula is C24H24F4N8O2S. The van der Waals surface area contributed by atoms with Gasteiger partial charge in [-0.05, 0) is 37.8 Å². The summed E-state index contributed by atoms with van der Waals surface area (Å²) in [4.78, 5) is 9.49. The summed E-state index contributed by atoms with van der Waals surface area (Å²) in [6.45, 7) is 1.79. The molecule has 0 saturated heterocycles. The summed E-state index contributed by atoms with van der Waals surface area (Å²) in [6, 6.07) is 3.11. The van der Waals surface area contributed by atoms with Gasteiger partial charge in [0.25, 0.3) is 6.43 Å². The molecule has 39 heavy (non-hydrogen) atoms. The van der Waals surface area contributed by atoms with Crippen LogP contribution in [-0.2, 0) is 16.9 Å². The lowest BCUT2D eigenvalue weighted by molar-refractivity contribution is 0.146. The summed E-state index contributed by atoms with van der Waals surface area (Å²) in [7, 11) is -1.10. The van der Waals surface area contributed by atoms with Crippen molar-refractivity contribution in [3.8, 4) is 11.3 Å². The van der Waals surface area contributed by atoms with Crippen molar-refractivity contribution >= 4 is 33.1 Å². The third kappa shape index (κ3) is 5.17. The van der Waals surface area contributed by atoms with Crippen molar-refractivity contribution in [1.29, 1.82) is 0 Å². The molecule has 1 saturated carbocycles. The molecule has 0 unspecified atom stereocenters. The molecule has 1 aliphatic rings. The Morgan fingerprint density at radius 1 is 1.15 bits per heavy atom. The molecule has 3 aromatic heterocycles. The normalized spacial score (nSPS) is 13.8. The van der Waals surface area contributed by atoms with Crippen molar-refractivity contribution in [2.75, 3.05) is 23.5 Å². The molecule has 1 aromatic carbocycles. The molecule has 0 radical (unpaired) electrons. The SMILES string of the molecule is Cc1cc(Nc2nc(N(C)c3c(F)cc(S(C)(=O)=O)cc3F)nc(-c3cn(C)nc3C(F)F)c2C2CC2)n[nH]1. The molecule has 0 atom stereocenters. The summed E-state index contributed by atoms with van der Waals surface area (Å²) >= 11 is 0. The molecule has 206 valence electrons. The van der Waals surface area contributed by atoms with E-state index in [0.717, 1.165) is 29.7 Å². The minimum atomic E-state index is -3.89. The maximum atomic E-state index is 15.1. The van der Waals surface area contributed by atoms with Crippen molar-refractivity contribution in [1.82, 2.24) is 29.9 Å². The lowest BCUT2D eigenvalue weighted by atomic mass is 10.0. The van der Waals surface area contributed by atoms with Crippen LogP contribution >= 0.6 is 0 Å². The van der Waals surface area contributed by atoms with Gasteiger partial charge in [-0.1, -0.05) is 0 Å². The predicted molar refractivity (Wildman–Crippen MR) is 135 cm³/mol. The van der Waals surface area contributed by atoms with Crippen molar-refractivity contribution in [3.05, 3.63) is 53.0 Å². The van der Waals surface area contributed by atoms with Crippen LogP contribution in [0.2, 0.25) is 0 Å². The average Bonchev–Trinajstić information content (AvgIpc) is 3.48. The van der Waals surface area contributed by atoms with Gasteiger partial charge < -0.3 is 10.2 Å². The number of nitrogens with one attached hydrogen (secondary N) is 2. The van der Waals surface area contributed by atoms with Crippen LogP contribution in [0.4, 0.5) is 40.8 Å². The lowest BCUT2D eigenvalue weighted by Crippen LogP contribution is -2.19. The molecule has 15 heteroatoms. The standard InChI is InChI=1S/C24H24F4N8O2S/c1-11-7-17(33-32-11)29-23-18(12-5-6-12)19(14-10-35(2)34-20(14)22(27)28)30-24(31-23)36(3)21-15(25)8-13(9-16(21)26)39(4,37)38/h7-10,12,22H,5-6H2,1-4H3,(H2,29,30,31,32,33). The highest BCUT2D eigenvalue weighted by Gasteiger charge is 2.35. The van der Waals surface area contributed by atoms with Gasteiger partial charge in [0, 0.05) is 49.4 Å². The smallest absolute Gasteiger partial charge is 0.282 e. The van der Waals surface area contributed by atoms with Gasteiger partial charge in [0.2, 0.25) is 5.95 Å². The van der Waals surface area contributed by atoms with Gasteiger partial charge in [0.05, 0.1) is 10.6 Å². The molecule has 0 bridgehead atoms. The Balaban J connectivity index is 1.73. The first-order chi connectivity index (χ1) is 18.3. The third-order valence-electron chi connectivity index (χ3n) is 6.24. The first-order valence-electron chi connectivity index (χ1n) is 11.8. The summed E-state index contributed by atoms with van der Waals surface area (Å²) in [5.41, 5.74) is 0.384. The van der Waals surface area contributed by atoms with Crippen LogP contribution in [0.3, 0.4) is 0 Å². The second-order valence-electron chi connectivity index (χ2n) is 9.44. The summed E-state index contributed by atoms with van der Waals surface area (Å²) in [5, 5.41) is 13.9. The van der Waals surface area contributed by atoms with Crippen molar-refractivity contribution in [2.45, 2.75) is 37.0 Å². The zero-order chi connectivity index (χ0) is 28.2. The Morgan fingerprint density at radius 3 is 2.36 bits per heavy atom. The quantitative estimate of drug-likeness (QED) is 0.290. The number of aryl methyl sites for hydroxylation is 2. The number of anilines is 4. The molecule has 1 fully saturated rings. The molecule has 2 N–H and O–H groups in total. The van der Waals surface area contributed by atoms with Crippen LogP contribution in [0.5, 0.6) is 0 Å². The Labute approximate surface area is 221 Å². The number of hydrogen-bond donors (Lipinski definition) is 2. The fraction of sp³-hybridized carbons (Fsp3) is 0.333. The zero-order valence-corrected chi connectivity index (χ0v) is 22.1. The topological polar surface area (TPSA) is 122 Å². The number of sulfone groups is 1. The van der Waals surface area contributed by atoms with E-state index in [2.05, 4.69) is 30.6 Å². The summed E-state index contributed by atoms with van der Waals surface area (Å²) in [5.74, 6) is -1.98. The van der Waals surface area contributed by atoms with E-state index in [9.17, 15) is 17.2 Å². The Kier molecular flexibility index (Phi) is 6.56. The largest absolute Gasteiger partial charge is 0.323 e. The Hall–Kier alpha value is -4.01. The number of halogens is 4. The van der Waals surface area contributed by atoms with Gasteiger partial charge in [0.1, 0.15) is 17.2 Å². The van der Waals surface area contributed by atoms with E-state index < -0.39 is 44.2 Å². The predicted octanol–water partition coefficient (Wildman–Crippen LogP) is 4.92. The second kappa shape index (κ2) is 9.63. The molecule has 10 nitrogen and oxygen atoms in total. The Bertz CT molecular complexity index is 1660. The minimum absolute atomic E-state index is 0.0462. The maximum Gasteiger partial charge on any atom is 0.282 e. The average molecular weight is 565 g/mol. The zero-order valence-electron chi connectivity index (χ0n) is 21.3. The number of aromatic amines is 1. The minimum Gasteiger partial charge on any atom is -0.323 e. The van der Waals surface area contributed by atoms with Crippen LogP contribution in [-0.4, -0.2) is 51.7 Å². The number of aromatic nitrogens is 6. The van der Waals surface area contributed by atoms with Gasteiger partial charge in [-0.15, -0.1) is 0 Å². The highest BCUT2D eigenvalue weighted by Crippen LogP contribution is 2.49. The van der Waals surface area contributed by atoms with Gasteiger partial charge >= 0.3 is 0 Å². The summed E-state index contributed by atoms with van der Waals surface area (Å²) < 4.78 is 83.1. The maximum absolute atomic E-state index is 15.1. The van der Waals surface area contributed by atoms with Gasteiger partial charge in [0.15, 0.2) is 27.3 Å². The van der Waals surface area contributed by atoms with E-state index >= 15 is 8.78 Å². The Morgan fingerprint density at radius 2 is 1.82 bits per heavy atom. The number of nitrogens with zero attached hydrogens (tertiary/aromatic N) is 6. The van der Waals surface area contributed by atoms with Gasteiger partial charge in [-0.3, -0.25) is 9.78 Å². The molecule has 3 heterocycles. The van der Waals surface area contributed by atoms with Crippen molar-refractivity contribution < 1.29 is 26.0 Å². The molecule has 4 aromatic rings. The molecular weight excluding hydrogens is 540 g/mol.